The van der Waals surface area contributed by atoms with Crippen LogP contribution in [0, 0.1) is 11.8 Å². The Balaban J connectivity index is 1.27. The summed E-state index contributed by atoms with van der Waals surface area (Å²) in [6, 6.07) is 5.27. The number of aliphatic hydroxyl groups is 1. The van der Waals surface area contributed by atoms with Gasteiger partial charge in [-0.2, -0.15) is 4.98 Å². The van der Waals surface area contributed by atoms with E-state index in [-0.39, 0.29) is 36.0 Å². The highest BCUT2D eigenvalue weighted by molar-refractivity contribution is 5.88. The fraction of sp³-hybridized carbons (Fsp3) is 0.452. The first kappa shape index (κ1) is 27.3. The summed E-state index contributed by atoms with van der Waals surface area (Å²) in [4.78, 5) is 42.4. The Hall–Kier alpha value is -3.89. The summed E-state index contributed by atoms with van der Waals surface area (Å²) in [7, 11) is 0. The molecule has 10 heteroatoms. The smallest absolute Gasteiger partial charge is 0.278 e. The Labute approximate surface area is 239 Å². The molecule has 41 heavy (non-hydrogen) atoms. The van der Waals surface area contributed by atoms with Crippen LogP contribution in [-0.2, 0) is 16.9 Å². The van der Waals surface area contributed by atoms with Crippen molar-refractivity contribution in [2.24, 2.45) is 11.8 Å². The largest absolute Gasteiger partial charge is 0.384 e. The average molecular weight is 556 g/mol. The molecule has 0 spiro atoms. The minimum Gasteiger partial charge on any atom is -0.384 e. The number of pyridine rings is 1. The number of hydrogen-bond acceptors (Lipinski definition) is 8. The number of allylic oxidation sites excluding steroid dienone is 2. The van der Waals surface area contributed by atoms with Gasteiger partial charge in [-0.1, -0.05) is 37.3 Å². The normalized spacial score (nSPS) is 25.9. The fourth-order valence-corrected chi connectivity index (χ4v) is 6.26. The highest BCUT2D eigenvalue weighted by atomic mass is 16.3. The van der Waals surface area contributed by atoms with Crippen molar-refractivity contribution in [2.75, 3.05) is 18.4 Å². The first-order valence-electron chi connectivity index (χ1n) is 14.4. The highest BCUT2D eigenvalue weighted by Gasteiger charge is 2.41. The molecule has 0 amide bonds. The maximum atomic E-state index is 13.3. The van der Waals surface area contributed by atoms with Gasteiger partial charge in [-0.25, -0.2) is 19.3 Å². The third-order valence-electron chi connectivity index (χ3n) is 8.54. The molecule has 3 aromatic heterocycles. The van der Waals surface area contributed by atoms with Gasteiger partial charge in [-0.15, -0.1) is 6.58 Å². The summed E-state index contributed by atoms with van der Waals surface area (Å²) in [6.07, 6.45) is 12.4. The first-order valence-corrected chi connectivity index (χ1v) is 14.4. The summed E-state index contributed by atoms with van der Waals surface area (Å²) < 4.78 is 3.17. The van der Waals surface area contributed by atoms with Crippen LogP contribution in [0.3, 0.4) is 0 Å². The molecule has 1 aliphatic carbocycles. The molecule has 6 heterocycles. The summed E-state index contributed by atoms with van der Waals surface area (Å²) in [5.74, 6) is 1.65. The number of carbonyl (C=O) groups is 1. The highest BCUT2D eigenvalue weighted by Crippen LogP contribution is 2.33. The molecule has 2 bridgehead atoms. The van der Waals surface area contributed by atoms with Crippen LogP contribution in [-0.4, -0.2) is 65.3 Å². The van der Waals surface area contributed by atoms with Crippen LogP contribution in [0.15, 0.2) is 65.6 Å². The number of nitrogens with one attached hydrogen (secondary N) is 1. The fourth-order valence-electron chi connectivity index (χ4n) is 6.26. The Kier molecular flexibility index (Phi) is 6.99. The maximum Gasteiger partial charge on any atom is 0.278 e. The van der Waals surface area contributed by atoms with Gasteiger partial charge in [0.2, 0.25) is 5.95 Å². The maximum absolute atomic E-state index is 13.3. The molecular formula is C31H37N7O3. The first-order chi connectivity index (χ1) is 19.6. The lowest BCUT2D eigenvalue weighted by Gasteiger charge is -2.44. The van der Waals surface area contributed by atoms with E-state index in [1.165, 1.54) is 10.3 Å². The van der Waals surface area contributed by atoms with Gasteiger partial charge < -0.3 is 10.4 Å². The van der Waals surface area contributed by atoms with Crippen molar-refractivity contribution in [1.29, 1.82) is 0 Å². The number of rotatable bonds is 8. The summed E-state index contributed by atoms with van der Waals surface area (Å²) in [5, 5.41) is 14.3. The number of carbonyl (C=O) groups excluding carboxylic acids is 1. The lowest BCUT2D eigenvalue weighted by Crippen LogP contribution is -2.55. The van der Waals surface area contributed by atoms with Crippen molar-refractivity contribution in [1.82, 2.24) is 29.2 Å². The zero-order chi connectivity index (χ0) is 28.9. The Morgan fingerprint density at radius 1 is 1.20 bits per heavy atom. The molecule has 214 valence electrons. The zero-order valence-electron chi connectivity index (χ0n) is 23.8. The number of aromatic nitrogens is 5. The van der Waals surface area contributed by atoms with Crippen molar-refractivity contribution < 1.29 is 9.90 Å². The lowest BCUT2D eigenvalue weighted by atomic mass is 9.79. The second kappa shape index (κ2) is 10.5. The molecular weight excluding hydrogens is 518 g/mol. The van der Waals surface area contributed by atoms with E-state index < -0.39 is 5.60 Å². The molecule has 3 aromatic rings. The molecule has 3 aliphatic heterocycles. The standard InChI is InChI=1S/C31H37N7O3/c1-5-13-37-29(40)22-18-32-30(35-28(22)38(37)26-8-6-7-25(34-26)31(3,4)41)33-23-10-9-20(16-19(23)2)17-24-27(39)21-11-14-36(24)15-12-21/h5-10,16,18-19,21,23-24,41H,1,11-15,17H2,2-4H3,(H,32,33,35). The number of hydrogen-bond donors (Lipinski definition) is 2. The second-order valence-corrected chi connectivity index (χ2v) is 11.9. The van der Waals surface area contributed by atoms with Crippen molar-refractivity contribution in [3.63, 3.8) is 0 Å². The van der Waals surface area contributed by atoms with Gasteiger partial charge in [0.25, 0.3) is 5.56 Å². The van der Waals surface area contributed by atoms with E-state index in [0.29, 0.717) is 34.3 Å². The minimum absolute atomic E-state index is 0.000653. The number of nitrogens with zero attached hydrogens (tertiary/aromatic N) is 6. The number of ketones is 1. The van der Waals surface area contributed by atoms with Crippen molar-refractivity contribution >= 4 is 22.8 Å². The van der Waals surface area contributed by atoms with Crippen molar-refractivity contribution in [2.45, 2.75) is 64.3 Å². The third-order valence-corrected chi connectivity index (χ3v) is 8.54. The SMILES string of the molecule is C=CCn1c(=O)c2cnc(NC3C=CC(CC4C(=O)C5CCN4CC5)=CC3C)nc2n1-c1cccc(C(C)(C)O)n1. The van der Waals surface area contributed by atoms with Gasteiger partial charge in [0, 0.05) is 12.1 Å². The Bertz CT molecular complexity index is 1620. The molecule has 0 saturated carbocycles. The topological polar surface area (TPSA) is 118 Å². The molecule has 3 saturated heterocycles. The van der Waals surface area contributed by atoms with Gasteiger partial charge in [0.15, 0.2) is 17.2 Å². The van der Waals surface area contributed by atoms with Gasteiger partial charge in [-0.3, -0.25) is 14.5 Å². The monoisotopic (exact) mass is 555 g/mol. The molecule has 4 aliphatic rings. The molecule has 3 unspecified atom stereocenters. The van der Waals surface area contributed by atoms with Crippen molar-refractivity contribution in [3.05, 3.63) is 76.9 Å². The molecule has 10 nitrogen and oxygen atoms in total. The van der Waals surface area contributed by atoms with Gasteiger partial charge in [0.1, 0.15) is 11.0 Å². The van der Waals surface area contributed by atoms with E-state index in [2.05, 4.69) is 51.9 Å². The van der Waals surface area contributed by atoms with E-state index >= 15 is 0 Å². The van der Waals surface area contributed by atoms with E-state index in [1.54, 1.807) is 49.0 Å². The van der Waals surface area contributed by atoms with Gasteiger partial charge in [-0.05, 0) is 69.8 Å². The Morgan fingerprint density at radius 2 is 1.98 bits per heavy atom. The predicted molar refractivity (Wildman–Crippen MR) is 158 cm³/mol. The number of fused-ring (bicyclic) bond motifs is 4. The van der Waals surface area contributed by atoms with Gasteiger partial charge in [0.05, 0.1) is 24.3 Å². The molecule has 3 atom stereocenters. The molecule has 7 rings (SSSR count). The third kappa shape index (κ3) is 5.06. The van der Waals surface area contributed by atoms with Crippen LogP contribution in [0.5, 0.6) is 0 Å². The quantitative estimate of drug-likeness (QED) is 0.407. The minimum atomic E-state index is -1.15. The summed E-state index contributed by atoms with van der Waals surface area (Å²) in [5.41, 5.74) is 0.679. The van der Waals surface area contributed by atoms with E-state index in [9.17, 15) is 14.7 Å². The van der Waals surface area contributed by atoms with Gasteiger partial charge >= 0.3 is 0 Å². The van der Waals surface area contributed by atoms with Crippen LogP contribution < -0.4 is 10.9 Å². The summed E-state index contributed by atoms with van der Waals surface area (Å²) >= 11 is 0. The molecule has 3 fully saturated rings. The van der Waals surface area contributed by atoms with Crippen LogP contribution in [0.4, 0.5) is 5.95 Å². The molecule has 0 radical (unpaired) electrons. The van der Waals surface area contributed by atoms with Crippen LogP contribution >= 0.6 is 0 Å². The van der Waals surface area contributed by atoms with E-state index in [1.807, 2.05) is 0 Å². The van der Waals surface area contributed by atoms with E-state index in [0.717, 1.165) is 32.4 Å². The van der Waals surface area contributed by atoms with Crippen LogP contribution in [0.1, 0.15) is 45.7 Å². The van der Waals surface area contributed by atoms with Crippen LogP contribution in [0.2, 0.25) is 0 Å². The average Bonchev–Trinajstić information content (AvgIpc) is 3.22. The molecule has 0 aromatic carbocycles. The van der Waals surface area contributed by atoms with Crippen molar-refractivity contribution in [3.8, 4) is 5.82 Å². The van der Waals surface area contributed by atoms with Crippen LogP contribution in [0.25, 0.3) is 16.9 Å². The zero-order valence-corrected chi connectivity index (χ0v) is 23.8. The number of anilines is 1. The number of piperidine rings is 3. The molecule has 2 N–H and O–H groups in total. The van der Waals surface area contributed by atoms with E-state index in [4.69, 9.17) is 4.98 Å². The second-order valence-electron chi connectivity index (χ2n) is 11.9. The predicted octanol–water partition coefficient (Wildman–Crippen LogP) is 3.36. The lowest BCUT2D eigenvalue weighted by molar-refractivity contribution is -0.136. The number of Topliss-reactive ketones (excluding diaryl/α,β-unsaturated/α-hetero) is 1. The summed E-state index contributed by atoms with van der Waals surface area (Å²) in [6.45, 7) is 11.6. The Morgan fingerprint density at radius 3 is 2.66 bits per heavy atom.